The number of hydrogen-bond donors (Lipinski definition) is 2. The van der Waals surface area contributed by atoms with Gasteiger partial charge in [0.25, 0.3) is 5.91 Å². The summed E-state index contributed by atoms with van der Waals surface area (Å²) in [5.41, 5.74) is 2.46. The maximum atomic E-state index is 12.8. The number of rotatable bonds is 5. The van der Waals surface area contributed by atoms with E-state index in [2.05, 4.69) is 33.1 Å². The molecule has 0 aliphatic rings. The monoisotopic (exact) mass is 456 g/mol. The third-order valence-electron chi connectivity index (χ3n) is 3.94. The summed E-state index contributed by atoms with van der Waals surface area (Å²) in [5.74, 6) is -0.614. The van der Waals surface area contributed by atoms with E-state index in [4.69, 9.17) is 0 Å². The predicted octanol–water partition coefficient (Wildman–Crippen LogP) is 3.68. The van der Waals surface area contributed by atoms with Crippen LogP contribution in [0.2, 0.25) is 0 Å². The number of benzene rings is 3. The molecule has 26 heavy (non-hydrogen) atoms. The highest BCUT2D eigenvalue weighted by Gasteiger charge is 2.39. The van der Waals surface area contributed by atoms with Crippen LogP contribution in [0.1, 0.15) is 16.7 Å². The van der Waals surface area contributed by atoms with Gasteiger partial charge in [0.15, 0.2) is 5.60 Å². The van der Waals surface area contributed by atoms with E-state index in [9.17, 15) is 9.90 Å². The van der Waals surface area contributed by atoms with Gasteiger partial charge in [0.2, 0.25) is 0 Å². The van der Waals surface area contributed by atoms with Crippen LogP contribution in [-0.4, -0.2) is 17.2 Å². The molecule has 0 fully saturated rings. The van der Waals surface area contributed by atoms with Gasteiger partial charge in [-0.3, -0.25) is 4.79 Å². The minimum atomic E-state index is -1.83. The number of nitrogens with one attached hydrogen (secondary N) is 1. The summed E-state index contributed by atoms with van der Waals surface area (Å²) in [6.45, 7) is 0. The van der Waals surface area contributed by atoms with Crippen molar-refractivity contribution in [2.45, 2.75) is 5.60 Å². The summed E-state index contributed by atoms with van der Waals surface area (Å²) in [5, 5.41) is 15.3. The molecule has 4 nitrogen and oxygen atoms in total. The highest BCUT2D eigenvalue weighted by atomic mass is 127. The van der Waals surface area contributed by atoms with Crippen LogP contribution >= 0.6 is 22.6 Å². The van der Waals surface area contributed by atoms with Crippen LogP contribution in [0.5, 0.6) is 0 Å². The molecule has 0 unspecified atom stereocenters. The lowest BCUT2D eigenvalue weighted by Gasteiger charge is -2.27. The molecule has 0 aliphatic carbocycles. The molecule has 0 spiro atoms. The van der Waals surface area contributed by atoms with Crippen LogP contribution in [-0.2, 0) is 10.4 Å². The zero-order valence-electron chi connectivity index (χ0n) is 13.8. The lowest BCUT2D eigenvalue weighted by Crippen LogP contribution is -2.43. The molecule has 1 amide bonds. The predicted molar refractivity (Wildman–Crippen MR) is 111 cm³/mol. The number of halogens is 1. The maximum Gasteiger partial charge on any atom is 0.281 e. The van der Waals surface area contributed by atoms with Gasteiger partial charge in [-0.15, -0.1) is 0 Å². The Balaban J connectivity index is 1.89. The summed E-state index contributed by atoms with van der Waals surface area (Å²) in [6, 6.07) is 25.4. The highest BCUT2D eigenvalue weighted by molar-refractivity contribution is 14.1. The van der Waals surface area contributed by atoms with Gasteiger partial charge in [0, 0.05) is 3.57 Å². The average molecular weight is 456 g/mol. The molecule has 0 aromatic heterocycles. The van der Waals surface area contributed by atoms with Crippen molar-refractivity contribution in [1.29, 1.82) is 0 Å². The van der Waals surface area contributed by atoms with Gasteiger partial charge in [-0.2, -0.15) is 5.10 Å². The first-order valence-corrected chi connectivity index (χ1v) is 9.11. The van der Waals surface area contributed by atoms with Gasteiger partial charge in [0.1, 0.15) is 0 Å². The first kappa shape index (κ1) is 18.3. The smallest absolute Gasteiger partial charge is 0.281 e. The van der Waals surface area contributed by atoms with Crippen LogP contribution in [0, 0.1) is 3.57 Å². The summed E-state index contributed by atoms with van der Waals surface area (Å²) >= 11 is 2.21. The van der Waals surface area contributed by atoms with Crippen LogP contribution in [0.3, 0.4) is 0 Å². The van der Waals surface area contributed by atoms with E-state index in [1.54, 1.807) is 54.7 Å². The zero-order valence-corrected chi connectivity index (χ0v) is 16.0. The summed E-state index contributed by atoms with van der Waals surface area (Å²) in [4.78, 5) is 12.8. The Morgan fingerprint density at radius 1 is 0.923 bits per heavy atom. The highest BCUT2D eigenvalue weighted by Crippen LogP contribution is 2.29. The fourth-order valence-corrected chi connectivity index (χ4v) is 3.19. The normalized spacial score (nSPS) is 11.5. The standard InChI is InChI=1S/C21H17IN2O2/c22-19-13-7-8-16(14-19)15-23-24-20(25)21(26,17-9-3-1-4-10-17)18-11-5-2-6-12-18/h1-15,26H,(H,24,25). The summed E-state index contributed by atoms with van der Waals surface area (Å²) < 4.78 is 1.07. The molecular formula is C21H17IN2O2. The molecule has 0 saturated carbocycles. The molecule has 3 aromatic rings. The Labute approximate surface area is 165 Å². The van der Waals surface area contributed by atoms with Crippen molar-refractivity contribution in [1.82, 2.24) is 5.43 Å². The van der Waals surface area contributed by atoms with E-state index in [1.807, 2.05) is 36.4 Å². The fraction of sp³-hybridized carbons (Fsp3) is 0.0476. The topological polar surface area (TPSA) is 61.7 Å². The minimum absolute atomic E-state index is 0.480. The fourth-order valence-electron chi connectivity index (χ4n) is 2.62. The second kappa shape index (κ2) is 8.25. The molecule has 130 valence electrons. The molecule has 0 aliphatic heterocycles. The molecule has 5 heteroatoms. The van der Waals surface area contributed by atoms with E-state index < -0.39 is 11.5 Å². The molecule has 0 saturated heterocycles. The molecule has 3 aromatic carbocycles. The Kier molecular flexibility index (Phi) is 5.80. The summed E-state index contributed by atoms with van der Waals surface area (Å²) in [7, 11) is 0. The second-order valence-electron chi connectivity index (χ2n) is 5.70. The number of carbonyl (C=O) groups is 1. The maximum absolute atomic E-state index is 12.8. The number of amides is 1. The number of carbonyl (C=O) groups excluding carboxylic acids is 1. The molecule has 0 bridgehead atoms. The number of hydrogen-bond acceptors (Lipinski definition) is 3. The Morgan fingerprint density at radius 2 is 1.50 bits per heavy atom. The number of aliphatic hydroxyl groups is 1. The molecule has 0 heterocycles. The van der Waals surface area contributed by atoms with E-state index in [0.29, 0.717) is 11.1 Å². The van der Waals surface area contributed by atoms with Gasteiger partial charge in [-0.05, 0) is 51.4 Å². The Morgan fingerprint density at radius 3 is 2.04 bits per heavy atom. The molecule has 0 radical (unpaired) electrons. The van der Waals surface area contributed by atoms with Crippen molar-refractivity contribution in [3.8, 4) is 0 Å². The summed E-state index contributed by atoms with van der Waals surface area (Å²) in [6.07, 6.45) is 1.55. The van der Waals surface area contributed by atoms with Gasteiger partial charge in [-0.1, -0.05) is 72.8 Å². The van der Waals surface area contributed by atoms with Gasteiger partial charge >= 0.3 is 0 Å². The molecular weight excluding hydrogens is 439 g/mol. The van der Waals surface area contributed by atoms with Crippen LogP contribution in [0.4, 0.5) is 0 Å². The van der Waals surface area contributed by atoms with Crippen LogP contribution in [0.15, 0.2) is 90.0 Å². The van der Waals surface area contributed by atoms with Crippen molar-refractivity contribution < 1.29 is 9.90 Å². The van der Waals surface area contributed by atoms with Crippen molar-refractivity contribution in [3.05, 3.63) is 105 Å². The largest absolute Gasteiger partial charge is 0.372 e. The van der Waals surface area contributed by atoms with Gasteiger partial charge in [-0.25, -0.2) is 5.43 Å². The van der Waals surface area contributed by atoms with Crippen molar-refractivity contribution in [2.75, 3.05) is 0 Å². The zero-order chi connectivity index (χ0) is 18.4. The van der Waals surface area contributed by atoms with Crippen molar-refractivity contribution in [3.63, 3.8) is 0 Å². The van der Waals surface area contributed by atoms with E-state index in [-0.39, 0.29) is 0 Å². The third-order valence-corrected chi connectivity index (χ3v) is 4.61. The molecule has 3 rings (SSSR count). The first-order valence-electron chi connectivity index (χ1n) is 8.03. The van der Waals surface area contributed by atoms with Crippen molar-refractivity contribution in [2.24, 2.45) is 5.10 Å². The van der Waals surface area contributed by atoms with E-state index in [1.165, 1.54) is 0 Å². The number of nitrogens with zero attached hydrogens (tertiary/aromatic N) is 1. The molecule has 2 N–H and O–H groups in total. The van der Waals surface area contributed by atoms with Crippen LogP contribution in [0.25, 0.3) is 0 Å². The second-order valence-corrected chi connectivity index (χ2v) is 6.94. The Bertz CT molecular complexity index is 872. The Hall–Kier alpha value is -2.51. The lowest BCUT2D eigenvalue weighted by molar-refractivity contribution is -0.136. The average Bonchev–Trinajstić information content (AvgIpc) is 2.68. The third kappa shape index (κ3) is 4.00. The van der Waals surface area contributed by atoms with Gasteiger partial charge in [0.05, 0.1) is 6.21 Å². The van der Waals surface area contributed by atoms with E-state index in [0.717, 1.165) is 9.13 Å². The number of hydrazone groups is 1. The van der Waals surface area contributed by atoms with Crippen LogP contribution < -0.4 is 5.43 Å². The quantitative estimate of drug-likeness (QED) is 0.350. The first-order chi connectivity index (χ1) is 12.6. The van der Waals surface area contributed by atoms with Crippen molar-refractivity contribution >= 4 is 34.7 Å². The van der Waals surface area contributed by atoms with E-state index >= 15 is 0 Å². The minimum Gasteiger partial charge on any atom is -0.372 e. The lowest BCUT2D eigenvalue weighted by atomic mass is 9.85. The van der Waals surface area contributed by atoms with Gasteiger partial charge < -0.3 is 5.11 Å². The SMILES string of the molecule is O=C(NN=Cc1cccc(I)c1)C(O)(c1ccccc1)c1ccccc1. The molecule has 0 atom stereocenters.